The summed E-state index contributed by atoms with van der Waals surface area (Å²) in [6.07, 6.45) is 1.20. The van der Waals surface area contributed by atoms with Crippen LogP contribution in [0.4, 0.5) is 0 Å². The molecule has 0 aliphatic rings. The zero-order valence-electron chi connectivity index (χ0n) is 12.9. The van der Waals surface area contributed by atoms with Crippen LogP contribution in [0.15, 0.2) is 42.5 Å². The highest BCUT2D eigenvalue weighted by Gasteiger charge is 2.23. The molecule has 2 aromatic carbocycles. The molecule has 2 nitrogen and oxygen atoms in total. The standard InChI is InChI=1S/C18H25NO/c1-13(2)18(20-4)17(19-3)12-15-10-7-9-14-8-5-6-11-16(14)15/h5-11,13,17-19H,12H2,1-4H3. The van der Waals surface area contributed by atoms with Gasteiger partial charge in [0.15, 0.2) is 0 Å². The van der Waals surface area contributed by atoms with E-state index in [1.54, 1.807) is 7.11 Å². The van der Waals surface area contributed by atoms with Crippen LogP contribution in [0, 0.1) is 5.92 Å². The van der Waals surface area contributed by atoms with E-state index in [-0.39, 0.29) is 6.10 Å². The third-order valence-corrected chi connectivity index (χ3v) is 4.02. The van der Waals surface area contributed by atoms with Crippen molar-refractivity contribution in [1.29, 1.82) is 0 Å². The minimum absolute atomic E-state index is 0.221. The Hall–Kier alpha value is -1.38. The highest BCUT2D eigenvalue weighted by molar-refractivity contribution is 5.85. The Labute approximate surface area is 122 Å². The smallest absolute Gasteiger partial charge is 0.0750 e. The minimum Gasteiger partial charge on any atom is -0.380 e. The van der Waals surface area contributed by atoms with Gasteiger partial charge in [-0.2, -0.15) is 0 Å². The van der Waals surface area contributed by atoms with E-state index in [1.165, 1.54) is 16.3 Å². The second kappa shape index (κ2) is 6.87. The normalized spacial score (nSPS) is 14.7. The van der Waals surface area contributed by atoms with E-state index < -0.39 is 0 Å². The van der Waals surface area contributed by atoms with Crippen LogP contribution in [0.2, 0.25) is 0 Å². The van der Waals surface area contributed by atoms with E-state index in [4.69, 9.17) is 4.74 Å². The van der Waals surface area contributed by atoms with Crippen LogP contribution in [0.3, 0.4) is 0 Å². The average molecular weight is 271 g/mol. The Morgan fingerprint density at radius 2 is 1.75 bits per heavy atom. The number of hydrogen-bond acceptors (Lipinski definition) is 2. The van der Waals surface area contributed by atoms with E-state index in [0.717, 1.165) is 6.42 Å². The van der Waals surface area contributed by atoms with Gasteiger partial charge in [0.25, 0.3) is 0 Å². The van der Waals surface area contributed by atoms with Gasteiger partial charge in [0, 0.05) is 13.2 Å². The Balaban J connectivity index is 2.30. The maximum atomic E-state index is 5.69. The van der Waals surface area contributed by atoms with Crippen molar-refractivity contribution in [3.05, 3.63) is 48.0 Å². The van der Waals surface area contributed by atoms with E-state index in [2.05, 4.69) is 61.6 Å². The summed E-state index contributed by atoms with van der Waals surface area (Å²) in [6.45, 7) is 4.42. The number of likely N-dealkylation sites (N-methyl/N-ethyl adjacent to an activating group) is 1. The second-order valence-corrected chi connectivity index (χ2v) is 5.68. The molecule has 2 atom stereocenters. The van der Waals surface area contributed by atoms with Crippen molar-refractivity contribution in [2.45, 2.75) is 32.4 Å². The van der Waals surface area contributed by atoms with E-state index in [9.17, 15) is 0 Å². The zero-order valence-corrected chi connectivity index (χ0v) is 12.9. The predicted molar refractivity (Wildman–Crippen MR) is 86.1 cm³/mol. The van der Waals surface area contributed by atoms with E-state index in [1.807, 2.05) is 7.05 Å². The molecule has 0 spiro atoms. The molecule has 0 radical (unpaired) electrons. The van der Waals surface area contributed by atoms with Gasteiger partial charge in [0.1, 0.15) is 0 Å². The molecular weight excluding hydrogens is 246 g/mol. The molecule has 0 aliphatic carbocycles. The number of ether oxygens (including phenoxy) is 1. The fourth-order valence-electron chi connectivity index (χ4n) is 2.99. The Morgan fingerprint density at radius 1 is 1.05 bits per heavy atom. The van der Waals surface area contributed by atoms with Crippen molar-refractivity contribution < 1.29 is 4.74 Å². The van der Waals surface area contributed by atoms with Crippen molar-refractivity contribution in [1.82, 2.24) is 5.32 Å². The summed E-state index contributed by atoms with van der Waals surface area (Å²) in [4.78, 5) is 0. The summed E-state index contributed by atoms with van der Waals surface area (Å²) in [7, 11) is 3.82. The average Bonchev–Trinajstić information content (AvgIpc) is 2.46. The van der Waals surface area contributed by atoms with E-state index in [0.29, 0.717) is 12.0 Å². The third kappa shape index (κ3) is 3.20. The summed E-state index contributed by atoms with van der Waals surface area (Å²) < 4.78 is 5.69. The lowest BCUT2D eigenvalue weighted by molar-refractivity contribution is 0.0355. The summed E-state index contributed by atoms with van der Waals surface area (Å²) in [5.41, 5.74) is 1.38. The number of benzene rings is 2. The molecule has 0 saturated heterocycles. The molecule has 2 aromatic rings. The largest absolute Gasteiger partial charge is 0.380 e. The molecule has 1 N–H and O–H groups in total. The summed E-state index contributed by atoms with van der Waals surface area (Å²) in [5.74, 6) is 0.493. The SMILES string of the molecule is CNC(Cc1cccc2ccccc12)C(OC)C(C)C. The first kappa shape index (κ1) is 15.0. The maximum absolute atomic E-state index is 5.69. The molecule has 20 heavy (non-hydrogen) atoms. The highest BCUT2D eigenvalue weighted by atomic mass is 16.5. The van der Waals surface area contributed by atoms with Gasteiger partial charge in [-0.1, -0.05) is 56.3 Å². The molecule has 0 fully saturated rings. The van der Waals surface area contributed by atoms with Crippen LogP contribution in [-0.2, 0) is 11.2 Å². The summed E-state index contributed by atoms with van der Waals surface area (Å²) in [5, 5.41) is 6.07. The van der Waals surface area contributed by atoms with Gasteiger partial charge in [-0.25, -0.2) is 0 Å². The van der Waals surface area contributed by atoms with Gasteiger partial charge in [-0.05, 0) is 35.7 Å². The van der Waals surface area contributed by atoms with Gasteiger partial charge in [-0.15, -0.1) is 0 Å². The van der Waals surface area contributed by atoms with Crippen molar-refractivity contribution >= 4 is 10.8 Å². The lowest BCUT2D eigenvalue weighted by atomic mass is 9.92. The number of rotatable bonds is 6. The van der Waals surface area contributed by atoms with Crippen molar-refractivity contribution in [3.8, 4) is 0 Å². The molecule has 108 valence electrons. The fraction of sp³-hybridized carbons (Fsp3) is 0.444. The summed E-state index contributed by atoms with van der Waals surface area (Å²) >= 11 is 0. The first-order valence-electron chi connectivity index (χ1n) is 7.34. The van der Waals surface area contributed by atoms with Crippen LogP contribution in [0.5, 0.6) is 0 Å². The minimum atomic E-state index is 0.221. The van der Waals surface area contributed by atoms with Gasteiger partial charge in [-0.3, -0.25) is 0 Å². The lowest BCUT2D eigenvalue weighted by Crippen LogP contribution is -2.43. The van der Waals surface area contributed by atoms with Crippen LogP contribution < -0.4 is 5.32 Å². The van der Waals surface area contributed by atoms with Crippen LogP contribution in [0.1, 0.15) is 19.4 Å². The molecular formula is C18H25NO. The van der Waals surface area contributed by atoms with Gasteiger partial charge in [0.2, 0.25) is 0 Å². The number of fused-ring (bicyclic) bond motifs is 1. The molecule has 2 rings (SSSR count). The second-order valence-electron chi connectivity index (χ2n) is 5.68. The van der Waals surface area contributed by atoms with Gasteiger partial charge >= 0.3 is 0 Å². The number of hydrogen-bond donors (Lipinski definition) is 1. The Morgan fingerprint density at radius 3 is 2.40 bits per heavy atom. The molecule has 0 aliphatic heterocycles. The molecule has 0 amide bonds. The first-order chi connectivity index (χ1) is 9.67. The van der Waals surface area contributed by atoms with E-state index >= 15 is 0 Å². The molecule has 0 aromatic heterocycles. The molecule has 0 saturated carbocycles. The highest BCUT2D eigenvalue weighted by Crippen LogP contribution is 2.22. The molecule has 0 bridgehead atoms. The predicted octanol–water partition coefficient (Wildman–Crippen LogP) is 3.64. The Bertz CT molecular complexity index is 545. The molecule has 2 heteroatoms. The fourth-order valence-corrected chi connectivity index (χ4v) is 2.99. The number of nitrogens with one attached hydrogen (secondary N) is 1. The van der Waals surface area contributed by atoms with Gasteiger partial charge in [0.05, 0.1) is 6.10 Å². The first-order valence-corrected chi connectivity index (χ1v) is 7.34. The summed E-state index contributed by atoms with van der Waals surface area (Å²) in [6, 6.07) is 15.4. The quantitative estimate of drug-likeness (QED) is 0.866. The monoisotopic (exact) mass is 271 g/mol. The maximum Gasteiger partial charge on any atom is 0.0750 e. The van der Waals surface area contributed by atoms with Crippen LogP contribution >= 0.6 is 0 Å². The van der Waals surface area contributed by atoms with Crippen LogP contribution in [-0.4, -0.2) is 26.3 Å². The van der Waals surface area contributed by atoms with Crippen LogP contribution in [0.25, 0.3) is 10.8 Å². The molecule has 0 heterocycles. The van der Waals surface area contributed by atoms with Gasteiger partial charge < -0.3 is 10.1 Å². The lowest BCUT2D eigenvalue weighted by Gasteiger charge is -2.29. The molecule has 2 unspecified atom stereocenters. The third-order valence-electron chi connectivity index (χ3n) is 4.02. The Kier molecular flexibility index (Phi) is 5.16. The zero-order chi connectivity index (χ0) is 14.5. The number of methoxy groups -OCH3 is 1. The van der Waals surface area contributed by atoms with Crippen molar-refractivity contribution in [3.63, 3.8) is 0 Å². The van der Waals surface area contributed by atoms with Crippen molar-refractivity contribution in [2.24, 2.45) is 5.92 Å². The van der Waals surface area contributed by atoms with Crippen molar-refractivity contribution in [2.75, 3.05) is 14.2 Å². The topological polar surface area (TPSA) is 21.3 Å².